The summed E-state index contributed by atoms with van der Waals surface area (Å²) < 4.78 is 18.2. The van der Waals surface area contributed by atoms with Gasteiger partial charge in [-0.05, 0) is 18.1 Å². The monoisotopic (exact) mass is 233 g/mol. The fraction of sp³-hybridized carbons (Fsp3) is 0.400. The molecule has 0 aliphatic carbocycles. The Bertz CT molecular complexity index is 346. The second-order valence-electron chi connectivity index (χ2n) is 3.13. The lowest BCUT2D eigenvalue weighted by Crippen LogP contribution is -2.13. The number of ether oxygens (including phenoxy) is 1. The van der Waals surface area contributed by atoms with Crippen molar-refractivity contribution in [1.29, 1.82) is 0 Å². The van der Waals surface area contributed by atoms with Crippen LogP contribution < -0.4 is 10.5 Å². The number of aliphatic hydroxyl groups is 1. The number of rotatable bonds is 4. The first-order valence-corrected chi connectivity index (χ1v) is 4.87. The molecule has 1 aromatic rings. The molecule has 0 aliphatic heterocycles. The Morgan fingerprint density at radius 3 is 2.80 bits per heavy atom. The molecule has 5 heteroatoms. The number of methoxy groups -OCH3 is 1. The van der Waals surface area contributed by atoms with Crippen molar-refractivity contribution in [3.63, 3.8) is 0 Å². The standard InChI is InChI=1S/C10H13ClFNO2/c1-15-6-4-7(9(13)2-3-14)10(11)8(12)5-6/h4-5,9,14H,2-3,13H2,1H3. The first kappa shape index (κ1) is 12.2. The maximum absolute atomic E-state index is 13.3. The van der Waals surface area contributed by atoms with Gasteiger partial charge in [0.2, 0.25) is 0 Å². The molecule has 84 valence electrons. The lowest BCUT2D eigenvalue weighted by Gasteiger charge is -2.14. The molecule has 0 fully saturated rings. The number of hydrogen-bond acceptors (Lipinski definition) is 3. The van der Waals surface area contributed by atoms with E-state index in [0.717, 1.165) is 0 Å². The molecule has 1 rings (SSSR count). The van der Waals surface area contributed by atoms with E-state index >= 15 is 0 Å². The summed E-state index contributed by atoms with van der Waals surface area (Å²) in [5, 5.41) is 8.72. The van der Waals surface area contributed by atoms with Gasteiger partial charge in [-0.3, -0.25) is 0 Å². The largest absolute Gasteiger partial charge is 0.497 e. The first-order valence-electron chi connectivity index (χ1n) is 4.49. The van der Waals surface area contributed by atoms with Gasteiger partial charge in [0.25, 0.3) is 0 Å². The van der Waals surface area contributed by atoms with Crippen LogP contribution in [0.15, 0.2) is 12.1 Å². The third kappa shape index (κ3) is 2.81. The molecular formula is C10H13ClFNO2. The number of benzene rings is 1. The summed E-state index contributed by atoms with van der Waals surface area (Å²) in [6, 6.07) is 2.27. The number of nitrogens with two attached hydrogens (primary N) is 1. The summed E-state index contributed by atoms with van der Waals surface area (Å²) in [5.74, 6) is -0.209. The second-order valence-corrected chi connectivity index (χ2v) is 3.51. The fourth-order valence-corrected chi connectivity index (χ4v) is 1.52. The number of aliphatic hydroxyl groups excluding tert-OH is 1. The summed E-state index contributed by atoms with van der Waals surface area (Å²) in [4.78, 5) is 0. The van der Waals surface area contributed by atoms with Gasteiger partial charge in [-0.1, -0.05) is 11.6 Å². The highest BCUT2D eigenvalue weighted by Gasteiger charge is 2.15. The summed E-state index contributed by atoms with van der Waals surface area (Å²) in [6.45, 7) is -0.0731. The summed E-state index contributed by atoms with van der Waals surface area (Å²) in [5.41, 5.74) is 6.18. The highest BCUT2D eigenvalue weighted by molar-refractivity contribution is 6.31. The van der Waals surface area contributed by atoms with Gasteiger partial charge >= 0.3 is 0 Å². The van der Waals surface area contributed by atoms with E-state index in [1.165, 1.54) is 13.2 Å². The molecule has 1 atom stereocenters. The van der Waals surface area contributed by atoms with E-state index in [2.05, 4.69) is 0 Å². The van der Waals surface area contributed by atoms with Crippen LogP contribution in [0.4, 0.5) is 4.39 Å². The molecule has 0 saturated heterocycles. The summed E-state index contributed by atoms with van der Waals surface area (Å²) >= 11 is 5.76. The van der Waals surface area contributed by atoms with Crippen molar-refractivity contribution in [3.8, 4) is 5.75 Å². The van der Waals surface area contributed by atoms with Gasteiger partial charge in [0.1, 0.15) is 11.6 Å². The maximum atomic E-state index is 13.3. The molecule has 0 spiro atoms. The number of hydrogen-bond donors (Lipinski definition) is 2. The predicted octanol–water partition coefficient (Wildman–Crippen LogP) is 1.87. The van der Waals surface area contributed by atoms with E-state index in [4.69, 9.17) is 27.2 Å². The van der Waals surface area contributed by atoms with Gasteiger partial charge in [0.15, 0.2) is 0 Å². The highest BCUT2D eigenvalue weighted by Crippen LogP contribution is 2.30. The number of halogens is 2. The van der Waals surface area contributed by atoms with Gasteiger partial charge in [0, 0.05) is 18.7 Å². The third-order valence-corrected chi connectivity index (χ3v) is 2.50. The van der Waals surface area contributed by atoms with E-state index in [1.807, 2.05) is 0 Å². The van der Waals surface area contributed by atoms with Gasteiger partial charge in [-0.2, -0.15) is 0 Å². The van der Waals surface area contributed by atoms with Crippen LogP contribution in [0.5, 0.6) is 5.75 Å². The quantitative estimate of drug-likeness (QED) is 0.835. The average molecular weight is 234 g/mol. The van der Waals surface area contributed by atoms with Crippen molar-refractivity contribution < 1.29 is 14.2 Å². The van der Waals surface area contributed by atoms with E-state index in [0.29, 0.717) is 17.7 Å². The molecule has 0 aliphatic rings. The normalized spacial score (nSPS) is 12.6. The van der Waals surface area contributed by atoms with Crippen LogP contribution in [0.2, 0.25) is 5.02 Å². The van der Waals surface area contributed by atoms with Crippen molar-refractivity contribution in [3.05, 3.63) is 28.5 Å². The minimum absolute atomic E-state index is 0.0169. The molecule has 0 radical (unpaired) electrons. The molecule has 0 bridgehead atoms. The average Bonchev–Trinajstić information content (AvgIpc) is 2.22. The van der Waals surface area contributed by atoms with Crippen molar-refractivity contribution >= 4 is 11.6 Å². The highest BCUT2D eigenvalue weighted by atomic mass is 35.5. The first-order chi connectivity index (χ1) is 7.10. The third-order valence-electron chi connectivity index (χ3n) is 2.11. The van der Waals surface area contributed by atoms with Crippen LogP contribution in [0, 0.1) is 5.82 Å². The Hall–Kier alpha value is -0.840. The molecule has 1 unspecified atom stereocenters. The zero-order valence-corrected chi connectivity index (χ0v) is 9.09. The predicted molar refractivity (Wildman–Crippen MR) is 56.6 cm³/mol. The SMILES string of the molecule is COc1cc(F)c(Cl)c(C(N)CCO)c1. The van der Waals surface area contributed by atoms with Crippen LogP contribution in [0.1, 0.15) is 18.0 Å². The van der Waals surface area contributed by atoms with Crippen LogP contribution in [0.25, 0.3) is 0 Å². The van der Waals surface area contributed by atoms with E-state index in [9.17, 15) is 4.39 Å². The van der Waals surface area contributed by atoms with Gasteiger partial charge in [-0.15, -0.1) is 0 Å². The minimum Gasteiger partial charge on any atom is -0.497 e. The van der Waals surface area contributed by atoms with Crippen LogP contribution in [-0.2, 0) is 0 Å². The molecule has 0 heterocycles. The zero-order chi connectivity index (χ0) is 11.4. The van der Waals surface area contributed by atoms with E-state index < -0.39 is 11.9 Å². The Morgan fingerprint density at radius 1 is 1.60 bits per heavy atom. The Morgan fingerprint density at radius 2 is 2.27 bits per heavy atom. The Balaban J connectivity index is 3.09. The molecule has 0 saturated carbocycles. The summed E-state index contributed by atoms with van der Waals surface area (Å²) in [6.07, 6.45) is 0.326. The molecule has 0 aromatic heterocycles. The van der Waals surface area contributed by atoms with Gasteiger partial charge in [0.05, 0.1) is 12.1 Å². The second kappa shape index (κ2) is 5.30. The molecular weight excluding hydrogens is 221 g/mol. The van der Waals surface area contributed by atoms with Gasteiger partial charge < -0.3 is 15.6 Å². The van der Waals surface area contributed by atoms with Crippen LogP contribution in [0.3, 0.4) is 0 Å². The van der Waals surface area contributed by atoms with E-state index in [1.54, 1.807) is 6.07 Å². The molecule has 3 N–H and O–H groups in total. The lowest BCUT2D eigenvalue weighted by molar-refractivity contribution is 0.276. The Labute approximate surface area is 92.6 Å². The Kier molecular flexibility index (Phi) is 4.32. The van der Waals surface area contributed by atoms with Crippen molar-refractivity contribution in [1.82, 2.24) is 0 Å². The lowest BCUT2D eigenvalue weighted by atomic mass is 10.0. The molecule has 15 heavy (non-hydrogen) atoms. The summed E-state index contributed by atoms with van der Waals surface area (Å²) in [7, 11) is 1.43. The molecule has 1 aromatic carbocycles. The molecule has 3 nitrogen and oxygen atoms in total. The van der Waals surface area contributed by atoms with Crippen molar-refractivity contribution in [2.45, 2.75) is 12.5 Å². The molecule has 0 amide bonds. The smallest absolute Gasteiger partial charge is 0.145 e. The van der Waals surface area contributed by atoms with Crippen LogP contribution >= 0.6 is 11.6 Å². The van der Waals surface area contributed by atoms with Gasteiger partial charge in [-0.25, -0.2) is 4.39 Å². The van der Waals surface area contributed by atoms with E-state index in [-0.39, 0.29) is 11.6 Å². The minimum atomic E-state index is -0.570. The fourth-order valence-electron chi connectivity index (χ4n) is 1.27. The topological polar surface area (TPSA) is 55.5 Å². The zero-order valence-electron chi connectivity index (χ0n) is 8.34. The van der Waals surface area contributed by atoms with Crippen LogP contribution in [-0.4, -0.2) is 18.8 Å². The van der Waals surface area contributed by atoms with Crippen molar-refractivity contribution in [2.75, 3.05) is 13.7 Å². The maximum Gasteiger partial charge on any atom is 0.145 e. The van der Waals surface area contributed by atoms with Crippen molar-refractivity contribution in [2.24, 2.45) is 5.73 Å².